The number of benzene rings is 1. The summed E-state index contributed by atoms with van der Waals surface area (Å²) in [6.07, 6.45) is 0. The van der Waals surface area contributed by atoms with Crippen molar-refractivity contribution in [3.63, 3.8) is 0 Å². The minimum atomic E-state index is -3.58. The Hall–Kier alpha value is -1.67. The van der Waals surface area contributed by atoms with E-state index in [0.29, 0.717) is 9.90 Å². The number of nitrogens with one attached hydrogen (secondary N) is 2. The molecule has 2 aromatic heterocycles. The Labute approximate surface area is 142 Å². The second kappa shape index (κ2) is 6.09. The fraction of sp³-hybridized carbons (Fsp3) is 0.133. The lowest BCUT2D eigenvalue weighted by Gasteiger charge is -2.07. The molecule has 2 N–H and O–H groups in total. The van der Waals surface area contributed by atoms with Crippen LogP contribution in [0.15, 0.2) is 45.4 Å². The van der Waals surface area contributed by atoms with Crippen LogP contribution in [0, 0.1) is 6.92 Å². The van der Waals surface area contributed by atoms with E-state index in [0.717, 1.165) is 27.8 Å². The summed E-state index contributed by atoms with van der Waals surface area (Å²) in [4.78, 5) is 14.4. The molecule has 0 atom stereocenters. The van der Waals surface area contributed by atoms with Gasteiger partial charge in [-0.1, -0.05) is 17.7 Å². The van der Waals surface area contributed by atoms with Crippen molar-refractivity contribution in [3.05, 3.63) is 62.2 Å². The molecule has 0 saturated carbocycles. The van der Waals surface area contributed by atoms with Gasteiger partial charge in [-0.2, -0.15) is 0 Å². The molecule has 0 unspecified atom stereocenters. The number of pyridine rings is 1. The van der Waals surface area contributed by atoms with E-state index >= 15 is 0 Å². The molecule has 0 aliphatic rings. The Morgan fingerprint density at radius 1 is 1.22 bits per heavy atom. The first kappa shape index (κ1) is 16.2. The van der Waals surface area contributed by atoms with Crippen molar-refractivity contribution in [3.8, 4) is 0 Å². The average molecular weight is 369 g/mol. The van der Waals surface area contributed by atoms with Crippen LogP contribution in [0.1, 0.15) is 11.1 Å². The van der Waals surface area contributed by atoms with Gasteiger partial charge < -0.3 is 4.98 Å². The van der Waals surface area contributed by atoms with Gasteiger partial charge in [0.05, 0.1) is 4.34 Å². The van der Waals surface area contributed by atoms with Crippen molar-refractivity contribution in [1.82, 2.24) is 9.71 Å². The Balaban J connectivity index is 1.84. The number of rotatable bonds is 4. The summed E-state index contributed by atoms with van der Waals surface area (Å²) >= 11 is 6.79. The molecule has 3 aromatic rings. The summed E-state index contributed by atoms with van der Waals surface area (Å²) in [5.74, 6) is 0. The highest BCUT2D eigenvalue weighted by atomic mass is 35.5. The van der Waals surface area contributed by atoms with Gasteiger partial charge in [0.15, 0.2) is 0 Å². The van der Waals surface area contributed by atoms with Crippen LogP contribution < -0.4 is 10.3 Å². The van der Waals surface area contributed by atoms with Crippen LogP contribution in [0.5, 0.6) is 0 Å². The predicted molar refractivity (Wildman–Crippen MR) is 92.7 cm³/mol. The molecule has 0 radical (unpaired) electrons. The molecule has 0 fully saturated rings. The van der Waals surface area contributed by atoms with Gasteiger partial charge in [-0.05, 0) is 48.2 Å². The topological polar surface area (TPSA) is 79.0 Å². The van der Waals surface area contributed by atoms with E-state index in [1.807, 2.05) is 6.07 Å². The van der Waals surface area contributed by atoms with Crippen LogP contribution in [0.4, 0.5) is 0 Å². The lowest BCUT2D eigenvalue weighted by molar-refractivity contribution is 0.583. The molecule has 0 bridgehead atoms. The SMILES string of the molecule is Cc1cc2cc(CNS(=O)(=O)c3ccc(Cl)s3)ccc2[nH]c1=O. The minimum Gasteiger partial charge on any atom is -0.322 e. The van der Waals surface area contributed by atoms with E-state index in [-0.39, 0.29) is 16.3 Å². The maximum absolute atomic E-state index is 12.2. The van der Waals surface area contributed by atoms with Crippen LogP contribution in [-0.4, -0.2) is 13.4 Å². The molecule has 0 spiro atoms. The van der Waals surface area contributed by atoms with Gasteiger partial charge in [-0.25, -0.2) is 13.1 Å². The lowest BCUT2D eigenvalue weighted by Crippen LogP contribution is -2.22. The molecule has 0 aliphatic carbocycles. The second-order valence-corrected chi connectivity index (χ2v) is 8.80. The predicted octanol–water partition coefficient (Wildman–Crippen LogP) is 3.03. The first-order chi connectivity index (χ1) is 10.8. The highest BCUT2D eigenvalue weighted by molar-refractivity contribution is 7.91. The van der Waals surface area contributed by atoms with Crippen molar-refractivity contribution >= 4 is 43.9 Å². The molecule has 0 amide bonds. The van der Waals surface area contributed by atoms with Crippen molar-refractivity contribution in [2.24, 2.45) is 0 Å². The Kier molecular flexibility index (Phi) is 4.29. The molecule has 2 heterocycles. The normalized spacial score (nSPS) is 11.9. The van der Waals surface area contributed by atoms with E-state index in [4.69, 9.17) is 11.6 Å². The molecule has 5 nitrogen and oxygen atoms in total. The highest BCUT2D eigenvalue weighted by Crippen LogP contribution is 2.25. The van der Waals surface area contributed by atoms with Gasteiger partial charge in [0.1, 0.15) is 4.21 Å². The number of aromatic amines is 1. The van der Waals surface area contributed by atoms with Crippen LogP contribution in [-0.2, 0) is 16.6 Å². The molecular formula is C15H13ClN2O3S2. The number of aromatic nitrogens is 1. The molecule has 0 saturated heterocycles. The quantitative estimate of drug-likeness (QED) is 0.742. The number of halogens is 1. The van der Waals surface area contributed by atoms with E-state index in [1.54, 1.807) is 31.2 Å². The van der Waals surface area contributed by atoms with Gasteiger partial charge in [0, 0.05) is 17.6 Å². The third-order valence-electron chi connectivity index (χ3n) is 3.37. The monoisotopic (exact) mass is 368 g/mol. The summed E-state index contributed by atoms with van der Waals surface area (Å²) in [6.45, 7) is 1.89. The molecule has 0 aliphatic heterocycles. The molecule has 1 aromatic carbocycles. The Morgan fingerprint density at radius 3 is 2.70 bits per heavy atom. The maximum Gasteiger partial charge on any atom is 0.251 e. The average Bonchev–Trinajstić information content (AvgIpc) is 2.94. The van der Waals surface area contributed by atoms with E-state index in [9.17, 15) is 13.2 Å². The Morgan fingerprint density at radius 2 is 2.00 bits per heavy atom. The molecule has 3 rings (SSSR count). The number of thiophene rings is 1. The maximum atomic E-state index is 12.2. The van der Waals surface area contributed by atoms with Crippen molar-refractivity contribution in [2.75, 3.05) is 0 Å². The van der Waals surface area contributed by atoms with Crippen LogP contribution in [0.3, 0.4) is 0 Å². The molecular weight excluding hydrogens is 356 g/mol. The highest BCUT2D eigenvalue weighted by Gasteiger charge is 2.16. The molecule has 8 heteroatoms. The molecule has 23 heavy (non-hydrogen) atoms. The smallest absolute Gasteiger partial charge is 0.251 e. The summed E-state index contributed by atoms with van der Waals surface area (Å²) in [6, 6.07) is 10.2. The van der Waals surface area contributed by atoms with Gasteiger partial charge >= 0.3 is 0 Å². The van der Waals surface area contributed by atoms with Gasteiger partial charge in [0.2, 0.25) is 10.0 Å². The fourth-order valence-electron chi connectivity index (χ4n) is 2.17. The van der Waals surface area contributed by atoms with E-state index in [2.05, 4.69) is 9.71 Å². The first-order valence-electron chi connectivity index (χ1n) is 6.73. The zero-order valence-corrected chi connectivity index (χ0v) is 14.5. The van der Waals surface area contributed by atoms with Crippen LogP contribution >= 0.6 is 22.9 Å². The number of fused-ring (bicyclic) bond motifs is 1. The van der Waals surface area contributed by atoms with Gasteiger partial charge in [0.25, 0.3) is 5.56 Å². The number of H-pyrrole nitrogens is 1. The second-order valence-electron chi connectivity index (χ2n) is 5.09. The van der Waals surface area contributed by atoms with E-state index < -0.39 is 10.0 Å². The number of sulfonamides is 1. The van der Waals surface area contributed by atoms with Crippen LogP contribution in [0.2, 0.25) is 4.34 Å². The van der Waals surface area contributed by atoms with Gasteiger partial charge in [-0.15, -0.1) is 11.3 Å². The largest absolute Gasteiger partial charge is 0.322 e. The summed E-state index contributed by atoms with van der Waals surface area (Å²) in [7, 11) is -3.58. The number of hydrogen-bond acceptors (Lipinski definition) is 4. The number of aryl methyl sites for hydroxylation is 1. The van der Waals surface area contributed by atoms with Crippen molar-refractivity contribution in [2.45, 2.75) is 17.7 Å². The Bertz CT molecular complexity index is 1040. The van der Waals surface area contributed by atoms with E-state index in [1.165, 1.54) is 6.07 Å². The zero-order chi connectivity index (χ0) is 16.6. The van der Waals surface area contributed by atoms with Crippen molar-refractivity contribution < 1.29 is 8.42 Å². The third-order valence-corrected chi connectivity index (χ3v) is 6.50. The standard InChI is InChI=1S/C15H13ClN2O3S2/c1-9-6-11-7-10(2-3-12(11)18-15(9)19)8-17-23(20,21)14-5-4-13(16)22-14/h2-7,17H,8H2,1H3,(H,18,19). The van der Waals surface area contributed by atoms with Crippen LogP contribution in [0.25, 0.3) is 10.9 Å². The minimum absolute atomic E-state index is 0.125. The summed E-state index contributed by atoms with van der Waals surface area (Å²) in [5.41, 5.74) is 2.01. The summed E-state index contributed by atoms with van der Waals surface area (Å²) in [5, 5.41) is 0.859. The molecule has 120 valence electrons. The zero-order valence-electron chi connectivity index (χ0n) is 12.1. The van der Waals surface area contributed by atoms with Crippen molar-refractivity contribution in [1.29, 1.82) is 0 Å². The third kappa shape index (κ3) is 3.48. The summed E-state index contributed by atoms with van der Waals surface area (Å²) < 4.78 is 27.5. The number of hydrogen-bond donors (Lipinski definition) is 2. The first-order valence-corrected chi connectivity index (χ1v) is 9.40. The fourth-order valence-corrected chi connectivity index (χ4v) is 4.71. The van der Waals surface area contributed by atoms with Gasteiger partial charge in [-0.3, -0.25) is 4.79 Å². The lowest BCUT2D eigenvalue weighted by atomic mass is 10.1.